The van der Waals surface area contributed by atoms with Crippen LogP contribution in [0.3, 0.4) is 0 Å². The van der Waals surface area contributed by atoms with Gasteiger partial charge in [-0.3, -0.25) is 9.59 Å². The molecule has 0 aromatic heterocycles. The summed E-state index contributed by atoms with van der Waals surface area (Å²) in [6, 6.07) is 20.6. The van der Waals surface area contributed by atoms with Gasteiger partial charge in [0, 0.05) is 16.7 Å². The van der Waals surface area contributed by atoms with Gasteiger partial charge in [-0.15, -0.1) is 0 Å². The lowest BCUT2D eigenvalue weighted by Gasteiger charge is -2.11. The number of para-hydroxylation sites is 1. The monoisotopic (exact) mass is 346 g/mol. The zero-order valence-corrected chi connectivity index (χ0v) is 14.6. The van der Waals surface area contributed by atoms with Crippen LogP contribution < -0.4 is 9.47 Å². The first-order valence-electron chi connectivity index (χ1n) is 8.11. The molecule has 0 aliphatic rings. The lowest BCUT2D eigenvalue weighted by molar-refractivity contribution is 0.100. The Morgan fingerprint density at radius 2 is 1.15 bits per heavy atom. The van der Waals surface area contributed by atoms with Crippen LogP contribution in [0.2, 0.25) is 0 Å². The molecule has 0 heterocycles. The van der Waals surface area contributed by atoms with Crippen molar-refractivity contribution in [3.8, 4) is 11.5 Å². The van der Waals surface area contributed by atoms with Gasteiger partial charge in [0.05, 0.1) is 19.8 Å². The topological polar surface area (TPSA) is 52.6 Å². The Morgan fingerprint density at radius 1 is 0.615 bits per heavy atom. The second kappa shape index (κ2) is 7.66. The van der Waals surface area contributed by atoms with E-state index in [1.165, 1.54) is 7.11 Å². The van der Waals surface area contributed by atoms with Gasteiger partial charge in [-0.05, 0) is 36.4 Å². The van der Waals surface area contributed by atoms with E-state index < -0.39 is 0 Å². The molecule has 0 amide bonds. The summed E-state index contributed by atoms with van der Waals surface area (Å²) in [7, 11) is 3.08. The average molecular weight is 346 g/mol. The molecule has 4 nitrogen and oxygen atoms in total. The normalized spacial score (nSPS) is 10.2. The molecule has 0 saturated heterocycles. The molecular weight excluding hydrogens is 328 g/mol. The van der Waals surface area contributed by atoms with Crippen LogP contribution >= 0.6 is 0 Å². The van der Waals surface area contributed by atoms with Crippen LogP contribution in [0.1, 0.15) is 31.8 Å². The van der Waals surface area contributed by atoms with Gasteiger partial charge in [0.25, 0.3) is 0 Å². The van der Waals surface area contributed by atoms with E-state index in [9.17, 15) is 9.59 Å². The maximum absolute atomic E-state index is 13.0. The van der Waals surface area contributed by atoms with E-state index in [-0.39, 0.29) is 11.6 Å². The number of benzene rings is 3. The molecule has 4 heteroatoms. The van der Waals surface area contributed by atoms with Crippen molar-refractivity contribution in [2.24, 2.45) is 0 Å². The molecule has 0 spiro atoms. The second-order valence-electron chi connectivity index (χ2n) is 5.63. The van der Waals surface area contributed by atoms with E-state index in [4.69, 9.17) is 9.47 Å². The fourth-order valence-electron chi connectivity index (χ4n) is 2.75. The summed E-state index contributed by atoms with van der Waals surface area (Å²) in [5, 5.41) is 0. The quantitative estimate of drug-likeness (QED) is 0.629. The maximum atomic E-state index is 13.0. The van der Waals surface area contributed by atoms with Crippen molar-refractivity contribution >= 4 is 11.6 Å². The molecule has 130 valence electrons. The number of carbonyl (C=O) groups excluding carboxylic acids is 2. The predicted molar refractivity (Wildman–Crippen MR) is 99.3 cm³/mol. The molecule has 0 atom stereocenters. The van der Waals surface area contributed by atoms with Gasteiger partial charge < -0.3 is 9.47 Å². The van der Waals surface area contributed by atoms with Gasteiger partial charge in [0.2, 0.25) is 0 Å². The fourth-order valence-corrected chi connectivity index (χ4v) is 2.75. The number of ether oxygens (including phenoxy) is 2. The highest BCUT2D eigenvalue weighted by Gasteiger charge is 2.21. The highest BCUT2D eigenvalue weighted by molar-refractivity contribution is 6.20. The number of carbonyl (C=O) groups is 2. The van der Waals surface area contributed by atoms with Crippen molar-refractivity contribution in [2.75, 3.05) is 14.2 Å². The first-order valence-corrected chi connectivity index (χ1v) is 8.11. The number of rotatable bonds is 6. The van der Waals surface area contributed by atoms with Gasteiger partial charge in [0.15, 0.2) is 11.6 Å². The minimum absolute atomic E-state index is 0.216. The lowest BCUT2D eigenvalue weighted by atomic mass is 9.93. The fraction of sp³-hybridized carbons (Fsp3) is 0.0909. The molecule has 3 rings (SSSR count). The third-order valence-electron chi connectivity index (χ3n) is 4.12. The second-order valence-corrected chi connectivity index (χ2v) is 5.63. The Balaban J connectivity index is 2.02. The van der Waals surface area contributed by atoms with E-state index in [1.54, 1.807) is 79.9 Å². The van der Waals surface area contributed by atoms with Crippen molar-refractivity contribution in [3.05, 3.63) is 95.1 Å². The minimum atomic E-state index is -0.250. The molecule has 0 unspecified atom stereocenters. The zero-order valence-electron chi connectivity index (χ0n) is 14.6. The summed E-state index contributed by atoms with van der Waals surface area (Å²) < 4.78 is 10.4. The first kappa shape index (κ1) is 17.4. The third kappa shape index (κ3) is 3.35. The Labute approximate surface area is 152 Å². The summed E-state index contributed by atoms with van der Waals surface area (Å²) >= 11 is 0. The van der Waals surface area contributed by atoms with Crippen molar-refractivity contribution in [2.45, 2.75) is 0 Å². The molecule has 0 aliphatic heterocycles. The molecule has 26 heavy (non-hydrogen) atoms. The van der Waals surface area contributed by atoms with Gasteiger partial charge in [-0.25, -0.2) is 0 Å². The summed E-state index contributed by atoms with van der Waals surface area (Å²) in [5.74, 6) is 0.676. The SMILES string of the molecule is COc1ccc(C(=O)c2ccccc2C(=O)c2ccccc2OC)cc1. The largest absolute Gasteiger partial charge is 0.497 e. The van der Waals surface area contributed by atoms with Crippen molar-refractivity contribution < 1.29 is 19.1 Å². The molecule has 3 aromatic carbocycles. The molecular formula is C22H18O4. The Kier molecular flexibility index (Phi) is 5.13. The highest BCUT2D eigenvalue weighted by atomic mass is 16.5. The molecule has 0 fully saturated rings. The number of ketones is 2. The minimum Gasteiger partial charge on any atom is -0.497 e. The van der Waals surface area contributed by atoms with Gasteiger partial charge in [-0.1, -0.05) is 36.4 Å². The van der Waals surface area contributed by atoms with Gasteiger partial charge >= 0.3 is 0 Å². The summed E-state index contributed by atoms with van der Waals surface area (Å²) in [6.07, 6.45) is 0. The van der Waals surface area contributed by atoms with Crippen molar-refractivity contribution in [3.63, 3.8) is 0 Å². The smallest absolute Gasteiger partial charge is 0.197 e. The molecule has 3 aromatic rings. The van der Waals surface area contributed by atoms with Crippen LogP contribution in [0, 0.1) is 0 Å². The number of methoxy groups -OCH3 is 2. The Bertz CT molecular complexity index is 942. The van der Waals surface area contributed by atoms with E-state index in [0.717, 1.165) is 0 Å². The average Bonchev–Trinajstić information content (AvgIpc) is 2.72. The number of hydrogen-bond acceptors (Lipinski definition) is 4. The standard InChI is InChI=1S/C22H18O4/c1-25-16-13-11-15(12-14-16)21(23)17-7-3-4-8-18(17)22(24)19-9-5-6-10-20(19)26-2/h3-14H,1-2H3. The van der Waals surface area contributed by atoms with Crippen LogP contribution in [-0.4, -0.2) is 25.8 Å². The van der Waals surface area contributed by atoms with E-state index >= 15 is 0 Å². The van der Waals surface area contributed by atoms with E-state index in [1.807, 2.05) is 0 Å². The molecule has 0 bridgehead atoms. The summed E-state index contributed by atoms with van der Waals surface area (Å²) in [6.45, 7) is 0. The van der Waals surface area contributed by atoms with E-state index in [0.29, 0.717) is 33.8 Å². The zero-order chi connectivity index (χ0) is 18.5. The highest BCUT2D eigenvalue weighted by Crippen LogP contribution is 2.24. The van der Waals surface area contributed by atoms with Crippen LogP contribution in [0.4, 0.5) is 0 Å². The van der Waals surface area contributed by atoms with Crippen LogP contribution in [0.5, 0.6) is 11.5 Å². The molecule has 0 saturated carbocycles. The summed E-state index contributed by atoms with van der Waals surface area (Å²) in [4.78, 5) is 26.0. The third-order valence-corrected chi connectivity index (χ3v) is 4.12. The molecule has 0 N–H and O–H groups in total. The van der Waals surface area contributed by atoms with Gasteiger partial charge in [0.1, 0.15) is 11.5 Å². The molecule has 0 radical (unpaired) electrons. The molecule has 0 aliphatic carbocycles. The van der Waals surface area contributed by atoms with Crippen LogP contribution in [0.25, 0.3) is 0 Å². The van der Waals surface area contributed by atoms with Crippen LogP contribution in [-0.2, 0) is 0 Å². The maximum Gasteiger partial charge on any atom is 0.197 e. The Morgan fingerprint density at radius 3 is 1.73 bits per heavy atom. The van der Waals surface area contributed by atoms with Crippen molar-refractivity contribution in [1.29, 1.82) is 0 Å². The number of hydrogen-bond donors (Lipinski definition) is 0. The Hall–Kier alpha value is -3.40. The van der Waals surface area contributed by atoms with Crippen LogP contribution in [0.15, 0.2) is 72.8 Å². The van der Waals surface area contributed by atoms with Gasteiger partial charge in [-0.2, -0.15) is 0 Å². The summed E-state index contributed by atoms with van der Waals surface area (Å²) in [5.41, 5.74) is 1.61. The predicted octanol–water partition coefficient (Wildman–Crippen LogP) is 4.17. The first-order chi connectivity index (χ1) is 12.7. The van der Waals surface area contributed by atoms with E-state index in [2.05, 4.69) is 0 Å². The lowest BCUT2D eigenvalue weighted by Crippen LogP contribution is -2.12. The van der Waals surface area contributed by atoms with Crippen molar-refractivity contribution in [1.82, 2.24) is 0 Å².